The van der Waals surface area contributed by atoms with Gasteiger partial charge in [-0.2, -0.15) is 0 Å². The molecule has 0 aliphatic heterocycles. The molecule has 0 spiro atoms. The van der Waals surface area contributed by atoms with Crippen molar-refractivity contribution in [2.75, 3.05) is 7.11 Å². The molecule has 154 valence electrons. The van der Waals surface area contributed by atoms with E-state index in [2.05, 4.69) is 36.2 Å². The second kappa shape index (κ2) is 9.49. The maximum absolute atomic E-state index is 14.5. The zero-order valence-electron chi connectivity index (χ0n) is 17.9. The van der Waals surface area contributed by atoms with Crippen LogP contribution in [0.15, 0.2) is 84.9 Å². The molecule has 0 amide bonds. The highest BCUT2D eigenvalue weighted by atomic mass is 31.2. The molecule has 30 heavy (non-hydrogen) atoms. The van der Waals surface area contributed by atoms with Crippen molar-refractivity contribution in [2.45, 2.75) is 25.7 Å². The van der Waals surface area contributed by atoms with E-state index < -0.39 is 15.4 Å². The van der Waals surface area contributed by atoms with Crippen molar-refractivity contribution >= 4 is 26.0 Å². The lowest BCUT2D eigenvalue weighted by Gasteiger charge is -2.25. The average molecular weight is 434 g/mol. The first-order valence-electron chi connectivity index (χ1n) is 9.97. The van der Waals surface area contributed by atoms with E-state index in [0.717, 1.165) is 21.9 Å². The Morgan fingerprint density at radius 2 is 1.33 bits per heavy atom. The Bertz CT molecular complexity index is 1020. The molecular weight excluding hydrogens is 405 g/mol. The van der Waals surface area contributed by atoms with E-state index in [1.807, 2.05) is 84.9 Å². The van der Waals surface area contributed by atoms with Gasteiger partial charge in [0.2, 0.25) is 7.29 Å². The third-order valence-electron chi connectivity index (χ3n) is 4.59. The molecule has 5 heteroatoms. The number of nitrogens with one attached hydrogen (secondary N) is 1. The number of benzene rings is 3. The predicted octanol–water partition coefficient (Wildman–Crippen LogP) is 5.14. The van der Waals surface area contributed by atoms with E-state index in [-0.39, 0.29) is 6.04 Å². The van der Waals surface area contributed by atoms with Gasteiger partial charge in [0, 0.05) is 10.6 Å². The highest BCUT2D eigenvalue weighted by molar-refractivity contribution is 7.76. The summed E-state index contributed by atoms with van der Waals surface area (Å²) in [5, 5.41) is 4.99. The molecule has 3 aromatic carbocycles. The topological polar surface area (TPSA) is 38.3 Å². The first-order chi connectivity index (χ1) is 14.3. The largest absolute Gasteiger partial charge is 0.497 e. The molecule has 0 saturated carbocycles. The molecule has 0 unspecified atom stereocenters. The van der Waals surface area contributed by atoms with Crippen LogP contribution in [0.2, 0.25) is 19.6 Å². The zero-order valence-corrected chi connectivity index (χ0v) is 19.8. The molecule has 0 aromatic heterocycles. The van der Waals surface area contributed by atoms with E-state index in [1.54, 1.807) is 7.11 Å². The van der Waals surface area contributed by atoms with Crippen molar-refractivity contribution in [3.8, 4) is 17.2 Å². The average Bonchev–Trinajstić information content (AvgIpc) is 2.77. The van der Waals surface area contributed by atoms with Gasteiger partial charge >= 0.3 is 0 Å². The van der Waals surface area contributed by atoms with Crippen LogP contribution in [0.25, 0.3) is 0 Å². The second-order valence-electron chi connectivity index (χ2n) is 8.13. The van der Waals surface area contributed by atoms with Gasteiger partial charge in [-0.05, 0) is 42.0 Å². The number of hydrogen-bond acceptors (Lipinski definition) is 2. The lowest BCUT2D eigenvalue weighted by Crippen LogP contribution is -2.30. The fraction of sp³-hybridized carbons (Fsp3) is 0.200. The molecular formula is C25H28NO2PSi. The highest BCUT2D eigenvalue weighted by Crippen LogP contribution is 2.41. The maximum Gasteiger partial charge on any atom is 0.205 e. The first-order valence-corrected chi connectivity index (χ1v) is 15.2. The summed E-state index contributed by atoms with van der Waals surface area (Å²) in [5.74, 6) is 4.18. The summed E-state index contributed by atoms with van der Waals surface area (Å²) in [6.45, 7) is 6.62. The van der Waals surface area contributed by atoms with E-state index in [9.17, 15) is 4.57 Å². The van der Waals surface area contributed by atoms with E-state index in [1.165, 1.54) is 0 Å². The number of ether oxygens (including phenoxy) is 1. The third-order valence-corrected chi connectivity index (χ3v) is 8.16. The SMILES string of the molecule is COc1ccc([C@@H](C#C[Si](C)(C)C)NP(=O)(c2ccccc2)c2ccccc2)cc1. The van der Waals surface area contributed by atoms with Crippen molar-refractivity contribution in [3.63, 3.8) is 0 Å². The van der Waals surface area contributed by atoms with Crippen molar-refractivity contribution < 1.29 is 9.30 Å². The zero-order chi connectivity index (χ0) is 21.6. The van der Waals surface area contributed by atoms with Crippen molar-refractivity contribution in [3.05, 3.63) is 90.5 Å². The Morgan fingerprint density at radius 3 is 1.77 bits per heavy atom. The van der Waals surface area contributed by atoms with Crippen LogP contribution < -0.4 is 20.4 Å². The van der Waals surface area contributed by atoms with Gasteiger partial charge in [-0.1, -0.05) is 74.1 Å². The molecule has 0 aliphatic carbocycles. The van der Waals surface area contributed by atoms with Gasteiger partial charge in [0.15, 0.2) is 0 Å². The van der Waals surface area contributed by atoms with E-state index in [4.69, 9.17) is 4.74 Å². The predicted molar refractivity (Wildman–Crippen MR) is 130 cm³/mol. The van der Waals surface area contributed by atoms with Gasteiger partial charge in [0.25, 0.3) is 0 Å². The molecule has 3 rings (SSSR count). The number of hydrogen-bond donors (Lipinski definition) is 1. The normalized spacial score (nSPS) is 12.5. The van der Waals surface area contributed by atoms with Gasteiger partial charge in [-0.15, -0.1) is 5.54 Å². The molecule has 1 N–H and O–H groups in total. The Morgan fingerprint density at radius 1 is 0.833 bits per heavy atom. The third kappa shape index (κ3) is 5.52. The lowest BCUT2D eigenvalue weighted by molar-refractivity contribution is 0.414. The second-order valence-corrected chi connectivity index (χ2v) is 15.4. The van der Waals surface area contributed by atoms with Crippen LogP contribution in [0.1, 0.15) is 11.6 Å². The van der Waals surface area contributed by atoms with Gasteiger partial charge in [-0.25, -0.2) is 5.09 Å². The lowest BCUT2D eigenvalue weighted by atomic mass is 10.1. The van der Waals surface area contributed by atoms with Crippen LogP contribution in [0.5, 0.6) is 5.75 Å². The van der Waals surface area contributed by atoms with Crippen LogP contribution >= 0.6 is 7.29 Å². The molecule has 1 atom stereocenters. The summed E-state index contributed by atoms with van der Waals surface area (Å²) in [7, 11) is -3.09. The minimum Gasteiger partial charge on any atom is -0.497 e. The molecule has 0 fully saturated rings. The fourth-order valence-electron chi connectivity index (χ4n) is 3.03. The highest BCUT2D eigenvalue weighted by Gasteiger charge is 2.30. The van der Waals surface area contributed by atoms with Crippen LogP contribution in [0, 0.1) is 11.5 Å². The molecule has 3 aromatic rings. The molecule has 0 heterocycles. The Labute approximate surface area is 180 Å². The molecule has 0 radical (unpaired) electrons. The number of rotatable bonds is 6. The van der Waals surface area contributed by atoms with E-state index >= 15 is 0 Å². The van der Waals surface area contributed by atoms with Gasteiger partial charge in [0.1, 0.15) is 13.8 Å². The van der Waals surface area contributed by atoms with Crippen molar-refractivity contribution in [2.24, 2.45) is 0 Å². The van der Waals surface area contributed by atoms with Crippen LogP contribution in [0.3, 0.4) is 0 Å². The Hall–Kier alpha value is -2.57. The summed E-state index contributed by atoms with van der Waals surface area (Å²) in [4.78, 5) is 0. The summed E-state index contributed by atoms with van der Waals surface area (Å²) in [6.07, 6.45) is 0. The van der Waals surface area contributed by atoms with Gasteiger partial charge in [0.05, 0.1) is 13.2 Å². The summed E-state index contributed by atoms with van der Waals surface area (Å²) in [5.41, 5.74) is 4.41. The molecule has 0 saturated heterocycles. The van der Waals surface area contributed by atoms with Crippen LogP contribution in [-0.2, 0) is 4.57 Å². The maximum atomic E-state index is 14.5. The minimum atomic E-state index is -3.11. The van der Waals surface area contributed by atoms with Crippen LogP contribution in [0.4, 0.5) is 0 Å². The van der Waals surface area contributed by atoms with E-state index in [0.29, 0.717) is 0 Å². The first kappa shape index (κ1) is 22.1. The summed E-state index contributed by atoms with van der Waals surface area (Å²) < 4.78 is 19.8. The minimum absolute atomic E-state index is 0.367. The Kier molecular flexibility index (Phi) is 7.00. The molecule has 3 nitrogen and oxygen atoms in total. The quantitative estimate of drug-likeness (QED) is 0.333. The molecule has 0 bridgehead atoms. The molecule has 0 aliphatic rings. The van der Waals surface area contributed by atoms with Gasteiger partial charge in [-0.3, -0.25) is 4.57 Å². The number of methoxy groups -OCH3 is 1. The Balaban J connectivity index is 2.10. The summed E-state index contributed by atoms with van der Waals surface area (Å²) >= 11 is 0. The standard InChI is InChI=1S/C25H28NO2PSi/c1-28-22-17-15-21(16-18-22)25(19-20-30(2,3)4)26-29(27,23-11-7-5-8-12-23)24-13-9-6-10-14-24/h5-18,25H,1-4H3,(H,26,27)/t25-/m1/s1. The van der Waals surface area contributed by atoms with Crippen molar-refractivity contribution in [1.82, 2.24) is 5.09 Å². The fourth-order valence-corrected chi connectivity index (χ4v) is 5.97. The summed E-state index contributed by atoms with van der Waals surface area (Å²) in [6, 6.07) is 26.6. The monoisotopic (exact) mass is 433 g/mol. The smallest absolute Gasteiger partial charge is 0.205 e. The van der Waals surface area contributed by atoms with Crippen molar-refractivity contribution in [1.29, 1.82) is 0 Å². The van der Waals surface area contributed by atoms with Crippen LogP contribution in [-0.4, -0.2) is 15.2 Å². The van der Waals surface area contributed by atoms with Gasteiger partial charge < -0.3 is 4.74 Å².